The van der Waals surface area contributed by atoms with Gasteiger partial charge in [0.1, 0.15) is 0 Å². The van der Waals surface area contributed by atoms with Crippen molar-refractivity contribution in [3.8, 4) is 0 Å². The van der Waals surface area contributed by atoms with Gasteiger partial charge in [0.2, 0.25) is 0 Å². The Labute approximate surface area is 72.9 Å². The van der Waals surface area contributed by atoms with Crippen molar-refractivity contribution >= 4 is 5.97 Å². The molecular formula is C4H8ArO2. The average Bonchev–Trinajstić information content (AvgIpc) is 1.35. The first-order valence-electron chi connectivity index (χ1n) is 1.99. The van der Waals surface area contributed by atoms with E-state index in [9.17, 15) is 4.79 Å². The Morgan fingerprint density at radius 1 is 1.71 bits per heavy atom. The van der Waals surface area contributed by atoms with Crippen molar-refractivity contribution in [1.82, 2.24) is 0 Å². The predicted octanol–water partition coefficient (Wildman–Crippen LogP) is 0.871. The summed E-state index contributed by atoms with van der Waals surface area (Å²) in [7, 11) is 0. The molecule has 0 bridgehead atoms. The van der Waals surface area contributed by atoms with Gasteiger partial charge in [-0.15, -0.1) is 0 Å². The Kier molecular flexibility index (Phi) is 10.3. The first-order valence-corrected chi connectivity index (χ1v) is 1.99. The number of hydrogen-bond acceptors (Lipinski definition) is 1. The first-order chi connectivity index (χ1) is 2.77. The molecule has 0 unspecified atom stereocenters. The van der Waals surface area contributed by atoms with Crippen LogP contribution in [0, 0.1) is 37.7 Å². The van der Waals surface area contributed by atoms with Crippen LogP contribution in [0.3, 0.4) is 0 Å². The van der Waals surface area contributed by atoms with E-state index in [1.165, 1.54) is 0 Å². The largest absolute Gasteiger partial charge is 0.481 e. The van der Waals surface area contributed by atoms with Gasteiger partial charge in [0.25, 0.3) is 0 Å². The molecule has 0 heterocycles. The van der Waals surface area contributed by atoms with Gasteiger partial charge in [-0.25, -0.2) is 0 Å². The molecule has 7 heavy (non-hydrogen) atoms. The average molecular weight is 128 g/mol. The minimum atomic E-state index is -0.711. The van der Waals surface area contributed by atoms with Crippen molar-refractivity contribution in [2.24, 2.45) is 0 Å². The third kappa shape index (κ3) is 10.8. The molecule has 44 valence electrons. The maximum atomic E-state index is 9.60. The van der Waals surface area contributed by atoms with Crippen LogP contribution in [0.25, 0.3) is 0 Å². The van der Waals surface area contributed by atoms with Crippen LogP contribution in [-0.4, -0.2) is 11.1 Å². The van der Waals surface area contributed by atoms with Gasteiger partial charge in [-0.05, 0) is 6.42 Å². The molecule has 0 aliphatic carbocycles. The van der Waals surface area contributed by atoms with E-state index in [0.717, 1.165) is 6.42 Å². The van der Waals surface area contributed by atoms with Gasteiger partial charge >= 0.3 is 5.97 Å². The topological polar surface area (TPSA) is 37.3 Å². The third-order valence-electron chi connectivity index (χ3n) is 0.464. The maximum absolute atomic E-state index is 9.60. The standard InChI is InChI=1S/C4H8O2.Ar/c1-2-3-4(5)6;/h2-3H2,1H3,(H,5,6);. The second-order valence-corrected chi connectivity index (χ2v) is 1.14. The Balaban J connectivity index is 0. The van der Waals surface area contributed by atoms with E-state index >= 15 is 0 Å². The molecule has 0 fully saturated rings. The van der Waals surface area contributed by atoms with Gasteiger partial charge in [0.05, 0.1) is 0 Å². The van der Waals surface area contributed by atoms with Gasteiger partial charge in [-0.2, -0.15) is 0 Å². The van der Waals surface area contributed by atoms with Crippen molar-refractivity contribution in [1.29, 1.82) is 0 Å². The second-order valence-electron chi connectivity index (χ2n) is 1.14. The number of aliphatic carboxylic acids is 1. The SMILES string of the molecule is CCCC(=O)O.[Ar]. The van der Waals surface area contributed by atoms with Crippen LogP contribution >= 0.6 is 0 Å². The van der Waals surface area contributed by atoms with Crippen LogP contribution in [0.15, 0.2) is 0 Å². The molecule has 2 nitrogen and oxygen atoms in total. The molecular weight excluding hydrogens is 120 g/mol. The van der Waals surface area contributed by atoms with Crippen molar-refractivity contribution in [3.63, 3.8) is 0 Å². The van der Waals surface area contributed by atoms with Crippen molar-refractivity contribution in [2.75, 3.05) is 0 Å². The van der Waals surface area contributed by atoms with Crippen molar-refractivity contribution < 1.29 is 47.6 Å². The molecule has 1 N–H and O–H groups in total. The fourth-order valence-electron chi connectivity index (χ4n) is 0.214. The summed E-state index contributed by atoms with van der Waals surface area (Å²) in [6.07, 6.45) is 1.02. The van der Waals surface area contributed by atoms with Crippen LogP contribution in [-0.2, 0) is 4.79 Å². The summed E-state index contributed by atoms with van der Waals surface area (Å²) in [6.45, 7) is 1.84. The molecule has 0 saturated carbocycles. The van der Waals surface area contributed by atoms with E-state index in [4.69, 9.17) is 5.11 Å². The minimum Gasteiger partial charge on any atom is -0.481 e. The minimum absolute atomic E-state index is 0. The summed E-state index contributed by atoms with van der Waals surface area (Å²) in [6, 6.07) is 0. The summed E-state index contributed by atoms with van der Waals surface area (Å²) in [4.78, 5) is 9.60. The molecule has 0 aromatic heterocycles. The van der Waals surface area contributed by atoms with Gasteiger partial charge in [-0.1, -0.05) is 6.92 Å². The van der Waals surface area contributed by atoms with Gasteiger partial charge in [0.15, 0.2) is 0 Å². The first kappa shape index (κ1) is 10.7. The molecule has 0 spiro atoms. The number of carboxylic acid groups (broad SMARTS) is 1. The molecule has 0 aliphatic heterocycles. The summed E-state index contributed by atoms with van der Waals surface area (Å²) in [5.41, 5.74) is 0. The van der Waals surface area contributed by atoms with Gasteiger partial charge < -0.3 is 5.11 Å². The molecule has 0 rings (SSSR count). The predicted molar refractivity (Wildman–Crippen MR) is 22.5 cm³/mol. The molecule has 0 saturated heterocycles. The maximum Gasteiger partial charge on any atom is 0.303 e. The Hall–Kier alpha value is 0.730. The zero-order valence-electron chi connectivity index (χ0n) is 4.12. The van der Waals surface area contributed by atoms with E-state index in [0.29, 0.717) is 6.42 Å². The molecule has 0 amide bonds. The summed E-state index contributed by atoms with van der Waals surface area (Å²) < 4.78 is 0. The van der Waals surface area contributed by atoms with E-state index in [1.807, 2.05) is 6.92 Å². The number of hydrogen-bond donors (Lipinski definition) is 1. The van der Waals surface area contributed by atoms with Crippen LogP contribution in [0.5, 0.6) is 0 Å². The zero-order chi connectivity index (χ0) is 4.99. The fraction of sp³-hybridized carbons (Fsp3) is 0.750. The number of carboxylic acids is 1. The van der Waals surface area contributed by atoms with E-state index < -0.39 is 5.97 Å². The van der Waals surface area contributed by atoms with Crippen LogP contribution in [0.2, 0.25) is 0 Å². The number of carbonyl (C=O) groups is 1. The molecule has 0 aliphatic rings. The van der Waals surface area contributed by atoms with Gasteiger partial charge in [-0.3, -0.25) is 4.79 Å². The summed E-state index contributed by atoms with van der Waals surface area (Å²) in [5, 5.41) is 7.91. The van der Waals surface area contributed by atoms with E-state index in [-0.39, 0.29) is 37.7 Å². The molecule has 0 atom stereocenters. The van der Waals surface area contributed by atoms with Crippen molar-refractivity contribution in [2.45, 2.75) is 19.8 Å². The third-order valence-corrected chi connectivity index (χ3v) is 0.464. The zero-order valence-corrected chi connectivity index (χ0v) is 4.83. The smallest absolute Gasteiger partial charge is 0.303 e. The van der Waals surface area contributed by atoms with Crippen LogP contribution in [0.4, 0.5) is 0 Å². The Bertz CT molecular complexity index is 53.7. The van der Waals surface area contributed by atoms with Gasteiger partial charge in [0, 0.05) is 44.2 Å². The quantitative estimate of drug-likeness (QED) is 0.599. The van der Waals surface area contributed by atoms with Crippen molar-refractivity contribution in [3.05, 3.63) is 0 Å². The van der Waals surface area contributed by atoms with E-state index in [1.54, 1.807) is 0 Å². The second kappa shape index (κ2) is 6.73. The molecule has 0 aromatic rings. The normalized spacial score (nSPS) is 7.00. The number of rotatable bonds is 2. The summed E-state index contributed by atoms with van der Waals surface area (Å²) in [5.74, 6) is -0.711. The Morgan fingerprint density at radius 3 is 2.14 bits per heavy atom. The Morgan fingerprint density at radius 2 is 2.14 bits per heavy atom. The van der Waals surface area contributed by atoms with Crippen LogP contribution in [0.1, 0.15) is 19.8 Å². The fourth-order valence-corrected chi connectivity index (χ4v) is 0.214. The van der Waals surface area contributed by atoms with E-state index in [2.05, 4.69) is 0 Å². The monoisotopic (exact) mass is 128 g/mol. The molecule has 3 heteroatoms. The summed E-state index contributed by atoms with van der Waals surface area (Å²) >= 11 is 0. The molecule has 0 aromatic carbocycles. The molecule has 0 radical (unpaired) electrons. The van der Waals surface area contributed by atoms with Crippen LogP contribution < -0.4 is 0 Å².